The number of nitrogens with one attached hydrogen (secondary N) is 1. The smallest absolute Gasteiger partial charge is 0.366 e. The molecule has 0 atom stereocenters. The van der Waals surface area contributed by atoms with Crippen molar-refractivity contribution in [1.82, 2.24) is 14.8 Å². The first-order valence-electron chi connectivity index (χ1n) is 9.43. The topological polar surface area (TPSA) is 104 Å². The van der Waals surface area contributed by atoms with Gasteiger partial charge in [-0.2, -0.15) is 18.4 Å². The molecule has 0 aliphatic carbocycles. The van der Waals surface area contributed by atoms with Crippen LogP contribution in [-0.2, 0) is 13.1 Å². The predicted molar refractivity (Wildman–Crippen MR) is 102 cm³/mol. The van der Waals surface area contributed by atoms with Gasteiger partial charge in [0.05, 0.1) is 17.8 Å². The number of nitrogens with two attached hydrogens (primary N) is 1. The van der Waals surface area contributed by atoms with Gasteiger partial charge in [0, 0.05) is 31.6 Å². The van der Waals surface area contributed by atoms with E-state index in [2.05, 4.69) is 5.32 Å². The van der Waals surface area contributed by atoms with Gasteiger partial charge in [0.25, 0.3) is 5.91 Å². The number of rotatable bonds is 5. The maximum Gasteiger partial charge on any atom is 0.389 e. The van der Waals surface area contributed by atoms with Gasteiger partial charge in [-0.3, -0.25) is 4.79 Å². The summed E-state index contributed by atoms with van der Waals surface area (Å²) in [7, 11) is 0. The Kier molecular flexibility index (Phi) is 6.19. The van der Waals surface area contributed by atoms with Crippen LogP contribution >= 0.6 is 0 Å². The average Bonchev–Trinajstić information content (AvgIpc) is 3.04. The zero-order chi connectivity index (χ0) is 22.8. The third kappa shape index (κ3) is 4.79. The van der Waals surface area contributed by atoms with Crippen molar-refractivity contribution in [2.24, 2.45) is 5.73 Å². The standard InChI is InChI=1S/C20H19F4N5O2/c21-13-4-1-3-12(9-13)16-14(10-25)29-8-7-28(11-15(29)17(16)18(26)30)19(31)27-6-2-5-20(22,23)24/h1,3-4,9H,2,5-8,11H2,(H2,26,30)(H,27,31). The fourth-order valence-electron chi connectivity index (χ4n) is 3.64. The van der Waals surface area contributed by atoms with E-state index in [1.165, 1.54) is 23.1 Å². The van der Waals surface area contributed by atoms with E-state index in [0.717, 1.165) is 0 Å². The molecule has 1 aliphatic heterocycles. The summed E-state index contributed by atoms with van der Waals surface area (Å²) in [5, 5.41) is 12.1. The number of carbonyl (C=O) groups excluding carboxylic acids is 2. The molecule has 7 nitrogen and oxygen atoms in total. The van der Waals surface area contributed by atoms with E-state index in [-0.39, 0.29) is 49.4 Å². The number of benzene rings is 1. The molecule has 11 heteroatoms. The molecule has 1 aliphatic rings. The second-order valence-electron chi connectivity index (χ2n) is 7.06. The zero-order valence-electron chi connectivity index (χ0n) is 16.3. The molecule has 0 fully saturated rings. The highest BCUT2D eigenvalue weighted by atomic mass is 19.4. The summed E-state index contributed by atoms with van der Waals surface area (Å²) in [4.78, 5) is 26.0. The minimum Gasteiger partial charge on any atom is -0.366 e. The second kappa shape index (κ2) is 8.67. The number of nitriles is 1. The number of alkyl halides is 3. The van der Waals surface area contributed by atoms with Crippen LogP contribution in [0.1, 0.15) is 34.6 Å². The summed E-state index contributed by atoms with van der Waals surface area (Å²) in [6, 6.07) is 6.82. The van der Waals surface area contributed by atoms with Gasteiger partial charge in [0.1, 0.15) is 17.6 Å². The number of fused-ring (bicyclic) bond motifs is 1. The first kappa shape index (κ1) is 22.1. The summed E-state index contributed by atoms with van der Waals surface area (Å²) >= 11 is 0. The maximum atomic E-state index is 13.8. The lowest BCUT2D eigenvalue weighted by atomic mass is 9.99. The van der Waals surface area contributed by atoms with Crippen LogP contribution in [0.5, 0.6) is 0 Å². The molecular weight excluding hydrogens is 418 g/mol. The number of urea groups is 1. The Morgan fingerprint density at radius 3 is 2.61 bits per heavy atom. The third-order valence-electron chi connectivity index (χ3n) is 4.97. The molecule has 1 aromatic carbocycles. The van der Waals surface area contributed by atoms with Crippen LogP contribution < -0.4 is 11.1 Å². The van der Waals surface area contributed by atoms with Gasteiger partial charge in [-0.25, -0.2) is 9.18 Å². The molecule has 164 valence electrons. The monoisotopic (exact) mass is 437 g/mol. The van der Waals surface area contributed by atoms with Gasteiger partial charge >= 0.3 is 12.2 Å². The summed E-state index contributed by atoms with van der Waals surface area (Å²) in [5.74, 6) is -1.39. The fraction of sp³-hybridized carbons (Fsp3) is 0.350. The summed E-state index contributed by atoms with van der Waals surface area (Å²) < 4.78 is 52.0. The van der Waals surface area contributed by atoms with Crippen molar-refractivity contribution in [3.8, 4) is 17.2 Å². The predicted octanol–water partition coefficient (Wildman–Crippen LogP) is 3.13. The molecule has 31 heavy (non-hydrogen) atoms. The Labute approximate surface area is 175 Å². The highest BCUT2D eigenvalue weighted by Gasteiger charge is 2.32. The Morgan fingerprint density at radius 1 is 1.26 bits per heavy atom. The van der Waals surface area contributed by atoms with Gasteiger partial charge in [-0.15, -0.1) is 0 Å². The molecule has 0 radical (unpaired) electrons. The van der Waals surface area contributed by atoms with E-state index in [1.54, 1.807) is 10.6 Å². The third-order valence-corrected chi connectivity index (χ3v) is 4.97. The zero-order valence-corrected chi connectivity index (χ0v) is 16.3. The van der Waals surface area contributed by atoms with Crippen LogP contribution in [0, 0.1) is 17.1 Å². The van der Waals surface area contributed by atoms with Crippen molar-refractivity contribution in [1.29, 1.82) is 5.26 Å². The normalized spacial score (nSPS) is 13.5. The van der Waals surface area contributed by atoms with Crippen LogP contribution in [0.15, 0.2) is 24.3 Å². The molecule has 0 unspecified atom stereocenters. The van der Waals surface area contributed by atoms with E-state index in [1.807, 2.05) is 6.07 Å². The minimum atomic E-state index is -4.30. The maximum absolute atomic E-state index is 13.8. The molecule has 0 spiro atoms. The molecule has 3 N–H and O–H groups in total. The Hall–Kier alpha value is -3.55. The van der Waals surface area contributed by atoms with Crippen LogP contribution in [0.2, 0.25) is 0 Å². The highest BCUT2D eigenvalue weighted by Crippen LogP contribution is 2.35. The van der Waals surface area contributed by atoms with Crippen molar-refractivity contribution in [3.05, 3.63) is 47.0 Å². The second-order valence-corrected chi connectivity index (χ2v) is 7.06. The van der Waals surface area contributed by atoms with Crippen LogP contribution in [0.25, 0.3) is 11.1 Å². The fourth-order valence-corrected chi connectivity index (χ4v) is 3.64. The lowest BCUT2D eigenvalue weighted by molar-refractivity contribution is -0.135. The summed E-state index contributed by atoms with van der Waals surface area (Å²) in [5.41, 5.74) is 6.51. The number of hydrogen-bond acceptors (Lipinski definition) is 3. The molecule has 3 amide bonds. The summed E-state index contributed by atoms with van der Waals surface area (Å²) in [6.07, 6.45) is -5.56. The lowest BCUT2D eigenvalue weighted by Crippen LogP contribution is -2.45. The molecule has 1 aromatic heterocycles. The van der Waals surface area contributed by atoms with Crippen LogP contribution in [0.4, 0.5) is 22.4 Å². The molecule has 3 rings (SSSR count). The Morgan fingerprint density at radius 2 is 2.00 bits per heavy atom. The largest absolute Gasteiger partial charge is 0.389 e. The van der Waals surface area contributed by atoms with Crippen LogP contribution in [0.3, 0.4) is 0 Å². The first-order valence-corrected chi connectivity index (χ1v) is 9.43. The van der Waals surface area contributed by atoms with Crippen molar-refractivity contribution in [2.45, 2.75) is 32.1 Å². The summed E-state index contributed by atoms with van der Waals surface area (Å²) in [6.45, 7) is 0.107. The molecule has 2 heterocycles. The number of aromatic nitrogens is 1. The molecule has 0 bridgehead atoms. The number of carbonyl (C=O) groups is 2. The number of hydrogen-bond donors (Lipinski definition) is 2. The van der Waals surface area contributed by atoms with E-state index in [9.17, 15) is 32.4 Å². The van der Waals surface area contributed by atoms with E-state index < -0.39 is 30.4 Å². The highest BCUT2D eigenvalue weighted by molar-refractivity contribution is 6.03. The van der Waals surface area contributed by atoms with E-state index in [0.29, 0.717) is 11.3 Å². The van der Waals surface area contributed by atoms with E-state index >= 15 is 0 Å². The average molecular weight is 437 g/mol. The van der Waals surface area contributed by atoms with E-state index in [4.69, 9.17) is 5.73 Å². The van der Waals surface area contributed by atoms with Crippen LogP contribution in [-0.4, -0.2) is 40.7 Å². The molecule has 0 saturated heterocycles. The lowest BCUT2D eigenvalue weighted by Gasteiger charge is -2.29. The molecule has 2 aromatic rings. The van der Waals surface area contributed by atoms with Crippen molar-refractivity contribution in [2.75, 3.05) is 13.1 Å². The quantitative estimate of drug-likeness (QED) is 0.555. The van der Waals surface area contributed by atoms with Crippen molar-refractivity contribution in [3.63, 3.8) is 0 Å². The number of amides is 3. The van der Waals surface area contributed by atoms with Gasteiger partial charge < -0.3 is 20.5 Å². The number of nitrogens with zero attached hydrogens (tertiary/aromatic N) is 3. The molecular formula is C20H19F4N5O2. The van der Waals surface area contributed by atoms with Gasteiger partial charge in [0.2, 0.25) is 0 Å². The Bertz CT molecular complexity index is 1060. The van der Waals surface area contributed by atoms with Crippen molar-refractivity contribution >= 4 is 11.9 Å². The van der Waals surface area contributed by atoms with Gasteiger partial charge in [-0.05, 0) is 24.1 Å². The SMILES string of the molecule is N#Cc1c(-c2cccc(F)c2)c(C(N)=O)c2n1CCN(C(=O)NCCCC(F)(F)F)C2. The van der Waals surface area contributed by atoms with Crippen molar-refractivity contribution < 1.29 is 27.2 Å². The first-order chi connectivity index (χ1) is 14.6. The van der Waals surface area contributed by atoms with Gasteiger partial charge in [-0.1, -0.05) is 12.1 Å². The van der Waals surface area contributed by atoms with Gasteiger partial charge in [0.15, 0.2) is 0 Å². The Balaban J connectivity index is 1.88. The molecule has 0 saturated carbocycles. The number of primary amides is 1. The number of halogens is 4. The minimum absolute atomic E-state index is 0.0109.